The van der Waals surface area contributed by atoms with E-state index in [4.69, 9.17) is 43.6 Å². The maximum atomic E-state index is 15.8. The third-order valence-electron chi connectivity index (χ3n) is 15.7. The number of nitrogens with one attached hydrogen (secondary N) is 2. The topological polar surface area (TPSA) is 301 Å². The normalized spacial score (nSPS) is 27.4. The van der Waals surface area contributed by atoms with Gasteiger partial charge in [-0.2, -0.15) is 0 Å². The number of hydrogen-bond donors (Lipinski definition) is 5. The zero-order valence-corrected chi connectivity index (χ0v) is 45.3. The van der Waals surface area contributed by atoms with Crippen LogP contribution >= 0.6 is 0 Å². The molecule has 426 valence electrons. The first-order chi connectivity index (χ1) is 37.6. The Hall–Kier alpha value is -6.88. The van der Waals surface area contributed by atoms with Crippen molar-refractivity contribution in [3.8, 4) is 0 Å². The second-order valence-electron chi connectivity index (χ2n) is 21.0. The maximum Gasteiger partial charge on any atom is 0.350 e. The van der Waals surface area contributed by atoms with Crippen LogP contribution in [0.3, 0.4) is 0 Å². The molecule has 4 aliphatic rings. The number of aliphatic hydroxyl groups is 2. The quantitative estimate of drug-likeness (QED) is 0.0392. The molecule has 3 aromatic rings. The number of amides is 2. The van der Waals surface area contributed by atoms with Crippen molar-refractivity contribution < 1.29 is 86.5 Å². The van der Waals surface area contributed by atoms with Crippen LogP contribution in [-0.4, -0.2) is 152 Å². The lowest BCUT2D eigenvalue weighted by molar-refractivity contribution is -0.346. The Kier molecular flexibility index (Phi) is 19.3. The molecule has 21 nitrogen and oxygen atoms in total. The fourth-order valence-corrected chi connectivity index (χ4v) is 11.6. The Morgan fingerprint density at radius 2 is 1.42 bits per heavy atom. The number of ether oxygens (including phenoxy) is 8. The van der Waals surface area contributed by atoms with Crippen molar-refractivity contribution in [3.63, 3.8) is 0 Å². The number of hydrogen-bond acceptors (Lipinski definition) is 19. The molecule has 3 aliphatic carbocycles. The molecule has 1 heterocycles. The number of aliphatic hydroxyl groups excluding tert-OH is 1. The van der Waals surface area contributed by atoms with Crippen molar-refractivity contribution in [2.75, 3.05) is 46.1 Å². The molecule has 2 saturated carbocycles. The predicted octanol–water partition coefficient (Wildman–Crippen LogP) is 3.57. The second kappa shape index (κ2) is 25.5. The van der Waals surface area contributed by atoms with E-state index in [1.165, 1.54) is 52.0 Å². The number of fused-ring (bicyclic) bond motifs is 5. The van der Waals surface area contributed by atoms with E-state index < -0.39 is 119 Å². The average molecular weight is 1100 g/mol. The van der Waals surface area contributed by atoms with Gasteiger partial charge in [-0.25, -0.2) is 9.59 Å². The average Bonchev–Trinajstić information content (AvgIpc) is 2.05. The first-order valence-electron chi connectivity index (χ1n) is 26.4. The summed E-state index contributed by atoms with van der Waals surface area (Å²) in [7, 11) is 0. The van der Waals surface area contributed by atoms with Crippen LogP contribution in [-0.2, 0) is 66.7 Å². The van der Waals surface area contributed by atoms with Gasteiger partial charge in [-0.3, -0.25) is 28.8 Å². The van der Waals surface area contributed by atoms with Crippen molar-refractivity contribution in [2.45, 2.75) is 128 Å². The van der Waals surface area contributed by atoms with E-state index in [0.29, 0.717) is 31.9 Å². The van der Waals surface area contributed by atoms with Gasteiger partial charge in [0.2, 0.25) is 12.0 Å². The molecule has 7 rings (SSSR count). The van der Waals surface area contributed by atoms with Gasteiger partial charge in [0.25, 0.3) is 5.91 Å². The Balaban J connectivity index is 1.30. The van der Waals surface area contributed by atoms with Crippen molar-refractivity contribution in [2.24, 2.45) is 22.5 Å². The molecule has 6 N–H and O–H groups in total. The van der Waals surface area contributed by atoms with Gasteiger partial charge in [0.15, 0.2) is 17.5 Å². The number of esters is 5. The fourth-order valence-electron chi connectivity index (χ4n) is 11.6. The highest BCUT2D eigenvalue weighted by atomic mass is 16.6. The van der Waals surface area contributed by atoms with Gasteiger partial charge in [-0.05, 0) is 61.2 Å². The van der Waals surface area contributed by atoms with Gasteiger partial charge in [-0.1, -0.05) is 80.6 Å². The molecular weight excluding hydrogens is 1030 g/mol. The largest absolute Gasteiger partial charge is 0.455 e. The molecule has 0 spiro atoms. The molecule has 1 aliphatic heterocycles. The van der Waals surface area contributed by atoms with Crippen LogP contribution in [0.4, 0.5) is 0 Å². The number of Topliss-reactive ketones (excluding diaryl/α,β-unsaturated/α-hetero) is 1. The van der Waals surface area contributed by atoms with E-state index in [0.717, 1.165) is 13.8 Å². The Labute approximate surface area is 458 Å². The zero-order chi connectivity index (χ0) is 57.3. The summed E-state index contributed by atoms with van der Waals surface area (Å²) in [6.45, 7) is 9.61. The summed E-state index contributed by atoms with van der Waals surface area (Å²) in [6.07, 6.45) is -11.5. The number of carbonyl (C=O) groups excluding carboxylic acids is 8. The van der Waals surface area contributed by atoms with Gasteiger partial charge < -0.3 is 64.5 Å². The molecule has 0 aromatic heterocycles. The van der Waals surface area contributed by atoms with Gasteiger partial charge in [-0.15, -0.1) is 0 Å². The highest BCUT2D eigenvalue weighted by Crippen LogP contribution is 2.64. The second-order valence-corrected chi connectivity index (χ2v) is 21.0. The Morgan fingerprint density at radius 3 is 2.01 bits per heavy atom. The van der Waals surface area contributed by atoms with E-state index >= 15 is 9.59 Å². The molecule has 21 heteroatoms. The molecule has 1 unspecified atom stereocenters. The number of benzene rings is 3. The lowest BCUT2D eigenvalue weighted by atomic mass is 9.44. The predicted molar refractivity (Wildman–Crippen MR) is 279 cm³/mol. The summed E-state index contributed by atoms with van der Waals surface area (Å²) < 4.78 is 47.6. The summed E-state index contributed by atoms with van der Waals surface area (Å²) in [5.74, 6) is -8.51. The standard InChI is InChI=1S/C58H71N3O18/c1-34-40(76-54(70)48(46(37-17-10-7-11-18-37)61-52(68)38-19-12-8-13-20-38)77-44(66)24-16-23-43(65)60-26-28-73-30-29-72-27-25-59)32-58(71)51(78-53(69)39-21-14-9-15-22-39)49-56(6,41(64)31-42-57(49,33-74-42)79-36(3)63)50(67)47(75-35(2)62)45(34)55(58,4)5/h7-15,17-22,40-42,46-49,51,64,71H,16,23-33,59H2,1-6H3,(H,60,65)(H,61,68)/t40-,41-,42?,46-,47+,48+,49-,51-,56+,57-,58+/m0/s1. The lowest BCUT2D eigenvalue weighted by Crippen LogP contribution is -2.82. The molecular formula is C58H71N3O18. The van der Waals surface area contributed by atoms with E-state index in [-0.39, 0.29) is 73.6 Å². The van der Waals surface area contributed by atoms with Crippen molar-refractivity contribution in [3.05, 3.63) is 119 Å². The van der Waals surface area contributed by atoms with Crippen LogP contribution in [0.15, 0.2) is 102 Å². The summed E-state index contributed by atoms with van der Waals surface area (Å²) in [5, 5.41) is 31.8. The van der Waals surface area contributed by atoms with E-state index in [9.17, 15) is 39.0 Å². The molecule has 2 amide bonds. The molecule has 3 fully saturated rings. The van der Waals surface area contributed by atoms with Crippen LogP contribution in [0.1, 0.15) is 106 Å². The van der Waals surface area contributed by atoms with Gasteiger partial charge in [0.05, 0.1) is 56.0 Å². The highest BCUT2D eigenvalue weighted by molar-refractivity contribution is 5.96. The minimum atomic E-state index is -2.50. The monoisotopic (exact) mass is 1100 g/mol. The SMILES string of the molecule is CC(=O)O[C@H]1C(=O)[C@]2(C)[C@@H](O)CC3OC[C@@]3(OC(C)=O)[C@H]2[C@H](OC(=O)c2ccccc2)[C@]2(O)C[C@H](OC(=O)[C@H](OC(=O)CCCC(=O)NCCOCCOCCN)[C@@H](NC(=O)c3ccccc3)c3ccccc3)C(C)=C1C2(C)C. The minimum Gasteiger partial charge on any atom is -0.455 e. The molecule has 1 saturated heterocycles. The van der Waals surface area contributed by atoms with Crippen LogP contribution in [0, 0.1) is 16.7 Å². The van der Waals surface area contributed by atoms with Crippen molar-refractivity contribution in [1.82, 2.24) is 10.6 Å². The molecule has 0 radical (unpaired) electrons. The van der Waals surface area contributed by atoms with Crippen molar-refractivity contribution >= 4 is 47.4 Å². The summed E-state index contributed by atoms with van der Waals surface area (Å²) >= 11 is 0. The summed E-state index contributed by atoms with van der Waals surface area (Å²) in [5.41, 5.74) is -2.23. The summed E-state index contributed by atoms with van der Waals surface area (Å²) in [6, 6.07) is 22.5. The molecule has 79 heavy (non-hydrogen) atoms. The third-order valence-corrected chi connectivity index (χ3v) is 15.7. The van der Waals surface area contributed by atoms with E-state index in [2.05, 4.69) is 10.6 Å². The Morgan fingerprint density at radius 1 is 0.797 bits per heavy atom. The van der Waals surface area contributed by atoms with Gasteiger partial charge in [0.1, 0.15) is 30.0 Å². The van der Waals surface area contributed by atoms with Crippen LogP contribution in [0.25, 0.3) is 0 Å². The highest BCUT2D eigenvalue weighted by Gasteiger charge is 2.78. The zero-order valence-electron chi connectivity index (χ0n) is 45.3. The smallest absolute Gasteiger partial charge is 0.350 e. The third kappa shape index (κ3) is 12.6. The molecule has 11 atom stereocenters. The first kappa shape index (κ1) is 59.8. The van der Waals surface area contributed by atoms with Crippen LogP contribution < -0.4 is 16.4 Å². The number of nitrogens with two attached hydrogens (primary N) is 1. The number of rotatable bonds is 23. The number of ketones is 1. The summed E-state index contributed by atoms with van der Waals surface area (Å²) in [4.78, 5) is 113. The van der Waals surface area contributed by atoms with Gasteiger partial charge in [0, 0.05) is 63.6 Å². The van der Waals surface area contributed by atoms with E-state index in [1.54, 1.807) is 66.7 Å². The minimum absolute atomic E-state index is 0.0211. The maximum absolute atomic E-state index is 15.8. The fraction of sp³-hybridized carbons (Fsp3) is 0.517. The molecule has 3 aromatic carbocycles. The Bertz CT molecular complexity index is 2740. The van der Waals surface area contributed by atoms with E-state index in [1.807, 2.05) is 0 Å². The van der Waals surface area contributed by atoms with Gasteiger partial charge >= 0.3 is 29.8 Å². The van der Waals surface area contributed by atoms with Crippen LogP contribution in [0.2, 0.25) is 0 Å². The van der Waals surface area contributed by atoms with Crippen LogP contribution in [0.5, 0.6) is 0 Å². The first-order valence-corrected chi connectivity index (χ1v) is 26.4. The van der Waals surface area contributed by atoms with Crippen molar-refractivity contribution in [1.29, 1.82) is 0 Å². The number of carbonyl (C=O) groups is 8. The molecule has 2 bridgehead atoms. The lowest BCUT2D eigenvalue weighted by Gasteiger charge is -2.67.